The van der Waals surface area contributed by atoms with Crippen LogP contribution in [0.3, 0.4) is 0 Å². The molecular weight excluding hydrogens is 334 g/mol. The third-order valence-electron chi connectivity index (χ3n) is 3.35. The summed E-state index contributed by atoms with van der Waals surface area (Å²) in [5.74, 6) is 2.23. The fourth-order valence-electron chi connectivity index (χ4n) is 2.27. The van der Waals surface area contributed by atoms with E-state index in [-0.39, 0.29) is 6.79 Å². The first-order valence-electron chi connectivity index (χ1n) is 6.55. The van der Waals surface area contributed by atoms with Gasteiger partial charge in [-0.1, -0.05) is 28.1 Å². The lowest BCUT2D eigenvalue weighted by Crippen LogP contribution is -2.00. The molecule has 0 aliphatic carbocycles. The summed E-state index contributed by atoms with van der Waals surface area (Å²) in [5, 5.41) is 3.28. The number of hydrogen-bond acceptors (Lipinski definition) is 4. The molecule has 0 saturated heterocycles. The molecule has 5 nitrogen and oxygen atoms in total. The highest BCUT2D eigenvalue weighted by Gasteiger charge is 2.16. The molecule has 1 aromatic heterocycles. The summed E-state index contributed by atoms with van der Waals surface area (Å²) in [6, 6.07) is 12.0. The molecule has 0 saturated carbocycles. The van der Waals surface area contributed by atoms with Crippen LogP contribution in [0.5, 0.6) is 11.5 Å². The van der Waals surface area contributed by atoms with Gasteiger partial charge in [0.2, 0.25) is 12.7 Å². The maximum Gasteiger partial charge on any atom is 0.231 e. The zero-order valence-electron chi connectivity index (χ0n) is 11.0. The maximum absolute atomic E-state index is 5.36. The van der Waals surface area contributed by atoms with Gasteiger partial charge in [-0.25, -0.2) is 4.98 Å². The van der Waals surface area contributed by atoms with Crippen LogP contribution in [0, 0.1) is 0 Å². The van der Waals surface area contributed by atoms with Gasteiger partial charge in [0.1, 0.15) is 0 Å². The van der Waals surface area contributed by atoms with E-state index < -0.39 is 0 Å². The summed E-state index contributed by atoms with van der Waals surface area (Å²) in [4.78, 5) is 7.75. The van der Waals surface area contributed by atoms with Gasteiger partial charge in [0.05, 0.1) is 11.0 Å². The fraction of sp³-hybridized carbons (Fsp3) is 0.133. The van der Waals surface area contributed by atoms with Crippen molar-refractivity contribution in [1.29, 1.82) is 0 Å². The molecule has 0 amide bonds. The second kappa shape index (κ2) is 4.96. The van der Waals surface area contributed by atoms with E-state index in [9.17, 15) is 0 Å². The van der Waals surface area contributed by atoms with Gasteiger partial charge in [-0.05, 0) is 17.7 Å². The molecule has 0 atom stereocenters. The number of anilines is 1. The highest BCUT2D eigenvalue weighted by Crippen LogP contribution is 2.35. The minimum absolute atomic E-state index is 0.274. The molecule has 1 aliphatic heterocycles. The van der Waals surface area contributed by atoms with E-state index in [1.54, 1.807) is 0 Å². The molecule has 2 heterocycles. The Morgan fingerprint density at radius 3 is 2.71 bits per heavy atom. The van der Waals surface area contributed by atoms with Crippen LogP contribution >= 0.6 is 15.9 Å². The standard InChI is InChI=1S/C15H12BrN3O2/c16-10-3-1-9(2-4-10)7-17-15-18-11-5-13-14(21-8-20-13)6-12(11)19-15/h1-6H,7-8H2,(H2,17,18,19). The van der Waals surface area contributed by atoms with Crippen molar-refractivity contribution in [2.45, 2.75) is 6.54 Å². The molecule has 6 heteroatoms. The first kappa shape index (κ1) is 12.5. The summed E-state index contributed by atoms with van der Waals surface area (Å²) < 4.78 is 11.8. The van der Waals surface area contributed by atoms with Gasteiger partial charge in [-0.3, -0.25) is 0 Å². The second-order valence-electron chi connectivity index (χ2n) is 4.79. The summed E-state index contributed by atoms with van der Waals surface area (Å²) >= 11 is 3.43. The van der Waals surface area contributed by atoms with Crippen LogP contribution in [0.2, 0.25) is 0 Å². The third kappa shape index (κ3) is 2.42. The van der Waals surface area contributed by atoms with Gasteiger partial charge in [-0.15, -0.1) is 0 Å². The first-order chi connectivity index (χ1) is 10.3. The van der Waals surface area contributed by atoms with Gasteiger partial charge in [-0.2, -0.15) is 0 Å². The molecule has 2 aromatic carbocycles. The van der Waals surface area contributed by atoms with Gasteiger partial charge >= 0.3 is 0 Å². The largest absolute Gasteiger partial charge is 0.454 e. The van der Waals surface area contributed by atoms with Gasteiger partial charge in [0.25, 0.3) is 0 Å². The maximum atomic E-state index is 5.36. The Kier molecular flexibility index (Phi) is 2.96. The van der Waals surface area contributed by atoms with E-state index in [4.69, 9.17) is 9.47 Å². The minimum atomic E-state index is 0.274. The highest BCUT2D eigenvalue weighted by atomic mass is 79.9. The monoisotopic (exact) mass is 345 g/mol. The lowest BCUT2D eigenvalue weighted by Gasteiger charge is -2.02. The highest BCUT2D eigenvalue weighted by molar-refractivity contribution is 9.10. The smallest absolute Gasteiger partial charge is 0.231 e. The molecular formula is C15H12BrN3O2. The van der Waals surface area contributed by atoms with Crippen molar-refractivity contribution < 1.29 is 9.47 Å². The number of nitrogens with one attached hydrogen (secondary N) is 2. The van der Waals surface area contributed by atoms with E-state index in [2.05, 4.69) is 43.3 Å². The number of ether oxygens (including phenoxy) is 2. The Morgan fingerprint density at radius 1 is 1.14 bits per heavy atom. The van der Waals surface area contributed by atoms with E-state index in [1.807, 2.05) is 24.3 Å². The number of benzene rings is 2. The van der Waals surface area contributed by atoms with Crippen LogP contribution in [0.1, 0.15) is 5.56 Å². The Morgan fingerprint density at radius 2 is 1.90 bits per heavy atom. The van der Waals surface area contributed by atoms with Crippen LogP contribution in [-0.4, -0.2) is 16.8 Å². The lowest BCUT2D eigenvalue weighted by atomic mass is 10.2. The Hall–Kier alpha value is -2.21. The molecule has 0 spiro atoms. The summed E-state index contributed by atoms with van der Waals surface area (Å²) in [6.07, 6.45) is 0. The van der Waals surface area contributed by atoms with Crippen LogP contribution in [0.4, 0.5) is 5.95 Å². The van der Waals surface area contributed by atoms with E-state index in [0.717, 1.165) is 33.0 Å². The SMILES string of the molecule is Brc1ccc(CNc2nc3cc4c(cc3[nH]2)OCO4)cc1. The summed E-state index contributed by atoms with van der Waals surface area (Å²) in [7, 11) is 0. The number of aromatic nitrogens is 2. The second-order valence-corrected chi connectivity index (χ2v) is 5.70. The van der Waals surface area contributed by atoms with E-state index in [0.29, 0.717) is 6.54 Å². The van der Waals surface area contributed by atoms with Crippen molar-refractivity contribution in [2.75, 3.05) is 12.1 Å². The lowest BCUT2D eigenvalue weighted by molar-refractivity contribution is 0.174. The molecule has 0 unspecified atom stereocenters. The Labute approximate surface area is 129 Å². The van der Waals surface area contributed by atoms with E-state index >= 15 is 0 Å². The summed E-state index contributed by atoms with van der Waals surface area (Å²) in [6.45, 7) is 0.983. The van der Waals surface area contributed by atoms with Crippen molar-refractivity contribution >= 4 is 32.9 Å². The first-order valence-corrected chi connectivity index (χ1v) is 7.35. The van der Waals surface area contributed by atoms with Crippen LogP contribution in [0.25, 0.3) is 11.0 Å². The number of halogens is 1. The molecule has 1 aliphatic rings. The summed E-state index contributed by atoms with van der Waals surface area (Å²) in [5.41, 5.74) is 2.97. The predicted molar refractivity (Wildman–Crippen MR) is 83.7 cm³/mol. The predicted octanol–water partition coefficient (Wildman–Crippen LogP) is 3.67. The number of imidazole rings is 1. The molecule has 4 rings (SSSR count). The Balaban J connectivity index is 1.55. The van der Waals surface area contributed by atoms with Crippen molar-refractivity contribution in [3.05, 3.63) is 46.4 Å². The van der Waals surface area contributed by atoms with Gasteiger partial charge in [0, 0.05) is 23.2 Å². The molecule has 0 radical (unpaired) electrons. The van der Waals surface area contributed by atoms with Crippen molar-refractivity contribution in [1.82, 2.24) is 9.97 Å². The average molecular weight is 346 g/mol. The van der Waals surface area contributed by atoms with Gasteiger partial charge < -0.3 is 19.8 Å². The third-order valence-corrected chi connectivity index (χ3v) is 3.88. The van der Waals surface area contributed by atoms with Crippen molar-refractivity contribution in [3.63, 3.8) is 0 Å². The number of fused-ring (bicyclic) bond motifs is 2. The van der Waals surface area contributed by atoms with E-state index in [1.165, 1.54) is 5.56 Å². The van der Waals surface area contributed by atoms with Crippen molar-refractivity contribution in [3.8, 4) is 11.5 Å². The van der Waals surface area contributed by atoms with Gasteiger partial charge in [0.15, 0.2) is 11.5 Å². The fourth-order valence-corrected chi connectivity index (χ4v) is 2.54. The number of aromatic amines is 1. The molecule has 3 aromatic rings. The van der Waals surface area contributed by atoms with Crippen molar-refractivity contribution in [2.24, 2.45) is 0 Å². The number of nitrogens with zero attached hydrogens (tertiary/aromatic N) is 1. The zero-order chi connectivity index (χ0) is 14.2. The van der Waals surface area contributed by atoms with Crippen LogP contribution < -0.4 is 14.8 Å². The number of hydrogen-bond donors (Lipinski definition) is 2. The molecule has 21 heavy (non-hydrogen) atoms. The normalized spacial score (nSPS) is 12.8. The molecule has 0 bridgehead atoms. The average Bonchev–Trinajstić information content (AvgIpc) is 3.09. The minimum Gasteiger partial charge on any atom is -0.454 e. The quantitative estimate of drug-likeness (QED) is 0.760. The molecule has 106 valence electrons. The van der Waals surface area contributed by atoms with Crippen LogP contribution in [0.15, 0.2) is 40.9 Å². The topological polar surface area (TPSA) is 59.2 Å². The molecule has 2 N–H and O–H groups in total. The number of H-pyrrole nitrogens is 1. The Bertz CT molecular complexity index is 758. The molecule has 0 fully saturated rings. The zero-order valence-corrected chi connectivity index (χ0v) is 12.6. The van der Waals surface area contributed by atoms with Crippen LogP contribution in [-0.2, 0) is 6.54 Å². The number of rotatable bonds is 3.